The van der Waals surface area contributed by atoms with Gasteiger partial charge in [-0.15, -0.1) is 0 Å². The van der Waals surface area contributed by atoms with E-state index in [1.165, 1.54) is 64.7 Å². The highest BCUT2D eigenvalue weighted by Gasteiger charge is 2.43. The Balaban J connectivity index is 2.13. The molecule has 2 N–H and O–H groups in total. The van der Waals surface area contributed by atoms with Gasteiger partial charge in [-0.1, -0.05) is 26.2 Å². The summed E-state index contributed by atoms with van der Waals surface area (Å²) in [6.07, 6.45) is 8.10. The molecule has 2 fully saturated rings. The molecule has 106 valence electrons. The highest BCUT2D eigenvalue weighted by molar-refractivity contribution is 5.00. The Hall–Kier alpha value is -0.120. The highest BCUT2D eigenvalue weighted by atomic mass is 15.3. The van der Waals surface area contributed by atoms with Crippen LogP contribution < -0.4 is 5.73 Å². The lowest BCUT2D eigenvalue weighted by atomic mass is 9.70. The zero-order valence-electron chi connectivity index (χ0n) is 12.3. The third-order valence-corrected chi connectivity index (χ3v) is 5.37. The first-order chi connectivity index (χ1) is 8.73. The van der Waals surface area contributed by atoms with Gasteiger partial charge in [0.2, 0.25) is 0 Å². The van der Waals surface area contributed by atoms with Crippen molar-refractivity contribution in [2.45, 2.75) is 51.0 Å². The number of nitrogens with two attached hydrogens (primary N) is 1. The summed E-state index contributed by atoms with van der Waals surface area (Å²) in [5.41, 5.74) is 6.58. The van der Waals surface area contributed by atoms with E-state index >= 15 is 0 Å². The molecule has 1 saturated carbocycles. The summed E-state index contributed by atoms with van der Waals surface area (Å²) in [6, 6.07) is 0. The predicted octanol–water partition coefficient (Wildman–Crippen LogP) is 1.92. The van der Waals surface area contributed by atoms with E-state index in [9.17, 15) is 0 Å². The lowest BCUT2D eigenvalue weighted by Gasteiger charge is -2.51. The molecule has 0 amide bonds. The lowest BCUT2D eigenvalue weighted by molar-refractivity contribution is 0.00706. The van der Waals surface area contributed by atoms with Crippen molar-refractivity contribution in [3.8, 4) is 0 Å². The van der Waals surface area contributed by atoms with Gasteiger partial charge in [-0.25, -0.2) is 0 Å². The van der Waals surface area contributed by atoms with Gasteiger partial charge in [0, 0.05) is 31.7 Å². The van der Waals surface area contributed by atoms with E-state index in [4.69, 9.17) is 5.73 Å². The number of nitrogens with zero attached hydrogens (tertiary/aromatic N) is 2. The smallest absolute Gasteiger partial charge is 0.0360 e. The van der Waals surface area contributed by atoms with E-state index in [0.717, 1.165) is 12.5 Å². The second kappa shape index (κ2) is 6.36. The van der Waals surface area contributed by atoms with Gasteiger partial charge in [-0.2, -0.15) is 0 Å². The van der Waals surface area contributed by atoms with Crippen molar-refractivity contribution in [1.29, 1.82) is 0 Å². The first-order valence-corrected chi connectivity index (χ1v) is 7.86. The molecule has 1 saturated heterocycles. The van der Waals surface area contributed by atoms with Gasteiger partial charge < -0.3 is 10.6 Å². The van der Waals surface area contributed by atoms with E-state index in [2.05, 4.69) is 23.8 Å². The number of hydrogen-bond acceptors (Lipinski definition) is 3. The van der Waals surface area contributed by atoms with Gasteiger partial charge in [0.1, 0.15) is 0 Å². The van der Waals surface area contributed by atoms with Crippen LogP contribution in [0, 0.1) is 5.92 Å². The Morgan fingerprint density at radius 1 is 1.11 bits per heavy atom. The molecule has 2 unspecified atom stereocenters. The van der Waals surface area contributed by atoms with Crippen molar-refractivity contribution in [3.63, 3.8) is 0 Å². The second-order valence-corrected chi connectivity index (χ2v) is 6.30. The minimum absolute atomic E-state index is 0.318. The molecule has 0 aromatic rings. The predicted molar refractivity (Wildman–Crippen MR) is 77.7 cm³/mol. The van der Waals surface area contributed by atoms with Crippen LogP contribution in [0.3, 0.4) is 0 Å². The molecule has 3 nitrogen and oxygen atoms in total. The Kier molecular flexibility index (Phi) is 5.05. The molecular weight excluding hydrogens is 222 g/mol. The fourth-order valence-electron chi connectivity index (χ4n) is 4.18. The van der Waals surface area contributed by atoms with Crippen LogP contribution in [0.5, 0.6) is 0 Å². The fraction of sp³-hybridized carbons (Fsp3) is 1.00. The van der Waals surface area contributed by atoms with Crippen molar-refractivity contribution < 1.29 is 0 Å². The molecule has 0 aromatic heterocycles. The van der Waals surface area contributed by atoms with Crippen LogP contribution in [-0.2, 0) is 0 Å². The molecule has 1 aliphatic carbocycles. The molecular formula is C15H31N3. The zero-order valence-corrected chi connectivity index (χ0v) is 12.3. The van der Waals surface area contributed by atoms with Crippen molar-refractivity contribution in [3.05, 3.63) is 0 Å². The largest absolute Gasteiger partial charge is 0.329 e. The second-order valence-electron chi connectivity index (χ2n) is 6.30. The minimum atomic E-state index is 0.318. The van der Waals surface area contributed by atoms with Gasteiger partial charge >= 0.3 is 0 Å². The maximum atomic E-state index is 6.27. The Morgan fingerprint density at radius 2 is 1.94 bits per heavy atom. The molecule has 1 heterocycles. The van der Waals surface area contributed by atoms with E-state index in [0.29, 0.717) is 5.54 Å². The molecule has 0 bridgehead atoms. The van der Waals surface area contributed by atoms with Crippen molar-refractivity contribution in [2.75, 3.05) is 39.8 Å². The monoisotopic (exact) mass is 253 g/mol. The minimum Gasteiger partial charge on any atom is -0.329 e. The van der Waals surface area contributed by atoms with E-state index < -0.39 is 0 Å². The van der Waals surface area contributed by atoms with Crippen molar-refractivity contribution in [2.24, 2.45) is 11.7 Å². The third-order valence-electron chi connectivity index (χ3n) is 5.37. The van der Waals surface area contributed by atoms with Crippen LogP contribution in [-0.4, -0.2) is 55.1 Å². The Morgan fingerprint density at radius 3 is 2.67 bits per heavy atom. The summed E-state index contributed by atoms with van der Waals surface area (Å²) >= 11 is 0. The molecule has 2 atom stereocenters. The third kappa shape index (κ3) is 2.73. The molecule has 0 aromatic carbocycles. The average Bonchev–Trinajstić information content (AvgIpc) is 2.63. The maximum absolute atomic E-state index is 6.27. The summed E-state index contributed by atoms with van der Waals surface area (Å²) in [6.45, 7) is 8.12. The topological polar surface area (TPSA) is 32.5 Å². The first kappa shape index (κ1) is 14.3. The maximum Gasteiger partial charge on any atom is 0.0360 e. The van der Waals surface area contributed by atoms with Crippen LogP contribution in [0.15, 0.2) is 0 Å². The van der Waals surface area contributed by atoms with Crippen LogP contribution in [0.2, 0.25) is 0 Å². The Labute approximate surface area is 113 Å². The summed E-state index contributed by atoms with van der Waals surface area (Å²) in [5, 5.41) is 0. The molecule has 0 spiro atoms. The average molecular weight is 253 g/mol. The molecule has 2 rings (SSSR count). The van der Waals surface area contributed by atoms with Gasteiger partial charge in [0.05, 0.1) is 0 Å². The van der Waals surface area contributed by atoms with Gasteiger partial charge in [0.15, 0.2) is 0 Å². The van der Waals surface area contributed by atoms with Crippen molar-refractivity contribution >= 4 is 0 Å². The number of likely N-dealkylation sites (N-methyl/N-ethyl adjacent to an activating group) is 1. The lowest BCUT2D eigenvalue weighted by Crippen LogP contribution is -2.60. The van der Waals surface area contributed by atoms with Crippen LogP contribution in [0.25, 0.3) is 0 Å². The standard InChI is InChI=1S/C15H31N3/c1-3-14-7-4-5-8-15(14,13-16)18-10-6-9-17(2)11-12-18/h14H,3-13,16H2,1-2H3. The van der Waals surface area contributed by atoms with Gasteiger partial charge in [-0.05, 0) is 38.8 Å². The van der Waals surface area contributed by atoms with E-state index in [1.807, 2.05) is 0 Å². The summed E-state index contributed by atoms with van der Waals surface area (Å²) in [7, 11) is 2.25. The molecule has 18 heavy (non-hydrogen) atoms. The summed E-state index contributed by atoms with van der Waals surface area (Å²) in [5.74, 6) is 0.819. The molecule has 1 aliphatic heterocycles. The first-order valence-electron chi connectivity index (χ1n) is 7.86. The van der Waals surface area contributed by atoms with E-state index in [1.54, 1.807) is 0 Å². The summed E-state index contributed by atoms with van der Waals surface area (Å²) in [4.78, 5) is 5.22. The van der Waals surface area contributed by atoms with Crippen LogP contribution in [0.1, 0.15) is 45.4 Å². The van der Waals surface area contributed by atoms with Crippen LogP contribution >= 0.6 is 0 Å². The molecule has 3 heteroatoms. The van der Waals surface area contributed by atoms with Crippen LogP contribution in [0.4, 0.5) is 0 Å². The van der Waals surface area contributed by atoms with E-state index in [-0.39, 0.29) is 0 Å². The normalized spacial score (nSPS) is 36.5. The van der Waals surface area contributed by atoms with Gasteiger partial charge in [0.25, 0.3) is 0 Å². The van der Waals surface area contributed by atoms with Gasteiger partial charge in [-0.3, -0.25) is 4.90 Å². The fourth-order valence-corrected chi connectivity index (χ4v) is 4.18. The summed E-state index contributed by atoms with van der Waals surface area (Å²) < 4.78 is 0. The highest BCUT2D eigenvalue weighted by Crippen LogP contribution is 2.40. The Bertz CT molecular complexity index is 256. The van der Waals surface area contributed by atoms with Crippen molar-refractivity contribution in [1.82, 2.24) is 9.80 Å². The zero-order chi connectivity index (χ0) is 13.0. The SMILES string of the molecule is CCC1CCCCC1(CN)N1CCCN(C)CC1. The molecule has 2 aliphatic rings. The number of rotatable bonds is 3. The number of hydrogen-bond donors (Lipinski definition) is 1. The molecule has 0 radical (unpaired) electrons. The quantitative estimate of drug-likeness (QED) is 0.834.